The van der Waals surface area contributed by atoms with E-state index in [1.807, 2.05) is 36.7 Å². The van der Waals surface area contributed by atoms with Crippen molar-refractivity contribution in [2.45, 2.75) is 40.3 Å². The minimum atomic E-state index is -0.321. The Labute approximate surface area is 120 Å². The number of imidazole rings is 1. The second-order valence-electron chi connectivity index (χ2n) is 6.32. The first-order valence-electron chi connectivity index (χ1n) is 7.07. The maximum atomic E-state index is 10.2. The van der Waals surface area contributed by atoms with Gasteiger partial charge in [0.15, 0.2) is 0 Å². The van der Waals surface area contributed by atoms with E-state index in [0.29, 0.717) is 12.3 Å². The van der Waals surface area contributed by atoms with E-state index < -0.39 is 0 Å². The highest BCUT2D eigenvalue weighted by molar-refractivity contribution is 5.30. The zero-order chi connectivity index (χ0) is 14.8. The summed E-state index contributed by atoms with van der Waals surface area (Å²) >= 11 is 0. The fraction of sp³-hybridized carbons (Fsp3) is 0.600. The molecule has 1 unspecified atom stereocenters. The summed E-state index contributed by atoms with van der Waals surface area (Å²) in [7, 11) is 0. The minimum absolute atomic E-state index is 0.160. The Bertz CT molecular complexity index is 562. The van der Waals surface area contributed by atoms with Crippen LogP contribution in [0.3, 0.4) is 0 Å². The van der Waals surface area contributed by atoms with Gasteiger partial charge in [0, 0.05) is 30.9 Å². The third kappa shape index (κ3) is 3.16. The number of fused-ring (bicyclic) bond motifs is 1. The first-order chi connectivity index (χ1) is 9.42. The van der Waals surface area contributed by atoms with E-state index in [1.165, 1.54) is 0 Å². The summed E-state index contributed by atoms with van der Waals surface area (Å²) in [5.41, 5.74) is 0.912. The van der Waals surface area contributed by atoms with Crippen molar-refractivity contribution in [3.63, 3.8) is 0 Å². The number of aliphatic hydroxyl groups excluding tert-OH is 1. The number of nitrogens with zero attached hydrogens (tertiary/aromatic N) is 3. The van der Waals surface area contributed by atoms with Gasteiger partial charge in [-0.25, -0.2) is 9.97 Å². The van der Waals surface area contributed by atoms with E-state index in [9.17, 15) is 5.11 Å². The molecule has 2 heterocycles. The lowest BCUT2D eigenvalue weighted by Gasteiger charge is -2.33. The van der Waals surface area contributed by atoms with Gasteiger partial charge in [-0.2, -0.15) is 0 Å². The predicted octanol–water partition coefficient (Wildman–Crippen LogP) is 1.86. The summed E-state index contributed by atoms with van der Waals surface area (Å²) in [6.07, 6.45) is 5.21. The second-order valence-corrected chi connectivity index (χ2v) is 6.32. The molecule has 0 fully saturated rings. The molecule has 0 radical (unpaired) electrons. The molecule has 0 aliphatic heterocycles. The topological polar surface area (TPSA) is 62.5 Å². The molecule has 0 saturated carbocycles. The SMILES string of the molecule is CC(C)C(O)C(C)(C)CNCc1cnc2ncccn12. The summed E-state index contributed by atoms with van der Waals surface area (Å²) in [5.74, 6) is 0.970. The van der Waals surface area contributed by atoms with Crippen LogP contribution in [0.4, 0.5) is 0 Å². The molecule has 5 nitrogen and oxygen atoms in total. The van der Waals surface area contributed by atoms with Gasteiger partial charge in [0.05, 0.1) is 18.0 Å². The molecule has 0 aliphatic rings. The number of hydrogen-bond donors (Lipinski definition) is 2. The molecule has 0 amide bonds. The van der Waals surface area contributed by atoms with E-state index in [0.717, 1.165) is 12.2 Å². The van der Waals surface area contributed by atoms with Crippen LogP contribution >= 0.6 is 0 Å². The van der Waals surface area contributed by atoms with Crippen LogP contribution in [0.2, 0.25) is 0 Å². The molecule has 0 spiro atoms. The molecule has 1 atom stereocenters. The molecule has 0 aliphatic carbocycles. The monoisotopic (exact) mass is 276 g/mol. The Balaban J connectivity index is 1.96. The van der Waals surface area contributed by atoms with Crippen molar-refractivity contribution >= 4 is 5.78 Å². The Morgan fingerprint density at radius 3 is 2.80 bits per heavy atom. The number of aliphatic hydroxyl groups is 1. The van der Waals surface area contributed by atoms with Crippen LogP contribution in [0.5, 0.6) is 0 Å². The van der Waals surface area contributed by atoms with Crippen LogP contribution in [-0.4, -0.2) is 32.1 Å². The van der Waals surface area contributed by atoms with Crippen molar-refractivity contribution in [1.82, 2.24) is 19.7 Å². The predicted molar refractivity (Wildman–Crippen MR) is 79.3 cm³/mol. The average molecular weight is 276 g/mol. The summed E-state index contributed by atoms with van der Waals surface area (Å²) in [6, 6.07) is 1.89. The van der Waals surface area contributed by atoms with Crippen molar-refractivity contribution in [3.8, 4) is 0 Å². The van der Waals surface area contributed by atoms with Crippen molar-refractivity contribution in [3.05, 3.63) is 30.4 Å². The maximum Gasteiger partial charge on any atom is 0.233 e. The quantitative estimate of drug-likeness (QED) is 0.845. The highest BCUT2D eigenvalue weighted by atomic mass is 16.3. The molecule has 2 aromatic heterocycles. The molecular weight excluding hydrogens is 252 g/mol. The molecule has 20 heavy (non-hydrogen) atoms. The van der Waals surface area contributed by atoms with E-state index in [4.69, 9.17) is 0 Å². The lowest BCUT2D eigenvalue weighted by atomic mass is 9.81. The maximum absolute atomic E-state index is 10.2. The Kier molecular flexibility index (Phi) is 4.40. The largest absolute Gasteiger partial charge is 0.392 e. The summed E-state index contributed by atoms with van der Waals surface area (Å²) < 4.78 is 1.97. The van der Waals surface area contributed by atoms with Gasteiger partial charge in [-0.15, -0.1) is 0 Å². The second kappa shape index (κ2) is 5.89. The minimum Gasteiger partial charge on any atom is -0.392 e. The fourth-order valence-electron chi connectivity index (χ4n) is 2.53. The summed E-state index contributed by atoms with van der Waals surface area (Å²) in [6.45, 7) is 9.72. The highest BCUT2D eigenvalue weighted by Crippen LogP contribution is 2.25. The van der Waals surface area contributed by atoms with Crippen LogP contribution in [0.1, 0.15) is 33.4 Å². The normalized spacial score (nSPS) is 14.1. The van der Waals surface area contributed by atoms with Crippen molar-refractivity contribution in [2.75, 3.05) is 6.54 Å². The van der Waals surface area contributed by atoms with Crippen molar-refractivity contribution < 1.29 is 5.11 Å². The Morgan fingerprint density at radius 1 is 1.35 bits per heavy atom. The number of rotatable bonds is 6. The van der Waals surface area contributed by atoms with Gasteiger partial charge in [0.25, 0.3) is 0 Å². The molecule has 110 valence electrons. The van der Waals surface area contributed by atoms with Gasteiger partial charge in [-0.3, -0.25) is 4.40 Å². The number of aromatic nitrogens is 3. The van der Waals surface area contributed by atoms with Gasteiger partial charge in [0.2, 0.25) is 5.78 Å². The molecule has 0 aromatic carbocycles. The zero-order valence-corrected chi connectivity index (χ0v) is 12.7. The average Bonchev–Trinajstić information content (AvgIpc) is 2.81. The van der Waals surface area contributed by atoms with Gasteiger partial charge in [-0.05, 0) is 12.0 Å². The fourth-order valence-corrected chi connectivity index (χ4v) is 2.53. The first-order valence-corrected chi connectivity index (χ1v) is 7.07. The summed E-state index contributed by atoms with van der Waals surface area (Å²) in [5, 5.41) is 13.6. The van der Waals surface area contributed by atoms with Gasteiger partial charge < -0.3 is 10.4 Å². The van der Waals surface area contributed by atoms with E-state index in [1.54, 1.807) is 6.20 Å². The zero-order valence-electron chi connectivity index (χ0n) is 12.7. The molecule has 2 aromatic rings. The van der Waals surface area contributed by atoms with Gasteiger partial charge in [-0.1, -0.05) is 27.7 Å². The standard InChI is InChI=1S/C15H24N4O/c1-11(2)13(20)15(3,4)10-16-8-12-9-18-14-17-6-5-7-19(12)14/h5-7,9,11,13,16,20H,8,10H2,1-4H3. The lowest BCUT2D eigenvalue weighted by molar-refractivity contribution is 0.0134. The van der Waals surface area contributed by atoms with Crippen molar-refractivity contribution in [2.24, 2.45) is 11.3 Å². The molecule has 0 bridgehead atoms. The van der Waals surface area contributed by atoms with Gasteiger partial charge in [0.1, 0.15) is 0 Å². The van der Waals surface area contributed by atoms with Crippen LogP contribution in [0.15, 0.2) is 24.7 Å². The molecule has 5 heteroatoms. The van der Waals surface area contributed by atoms with Gasteiger partial charge >= 0.3 is 0 Å². The van der Waals surface area contributed by atoms with Crippen LogP contribution in [0, 0.1) is 11.3 Å². The van der Waals surface area contributed by atoms with E-state index in [2.05, 4.69) is 29.1 Å². The molecule has 2 N–H and O–H groups in total. The number of nitrogens with one attached hydrogen (secondary N) is 1. The molecule has 0 saturated heterocycles. The Morgan fingerprint density at radius 2 is 2.10 bits per heavy atom. The third-order valence-electron chi connectivity index (χ3n) is 3.68. The van der Waals surface area contributed by atoms with Crippen LogP contribution < -0.4 is 5.32 Å². The van der Waals surface area contributed by atoms with Crippen LogP contribution in [0.25, 0.3) is 5.78 Å². The lowest BCUT2D eigenvalue weighted by Crippen LogP contribution is -2.41. The number of hydrogen-bond acceptors (Lipinski definition) is 4. The molecule has 2 rings (SSSR count). The Hall–Kier alpha value is -1.46. The molecular formula is C15H24N4O. The van der Waals surface area contributed by atoms with E-state index >= 15 is 0 Å². The highest BCUT2D eigenvalue weighted by Gasteiger charge is 2.29. The van der Waals surface area contributed by atoms with E-state index in [-0.39, 0.29) is 17.4 Å². The smallest absolute Gasteiger partial charge is 0.233 e. The summed E-state index contributed by atoms with van der Waals surface area (Å²) in [4.78, 5) is 8.45. The van der Waals surface area contributed by atoms with Crippen molar-refractivity contribution in [1.29, 1.82) is 0 Å². The van der Waals surface area contributed by atoms with Crippen LogP contribution in [-0.2, 0) is 6.54 Å². The third-order valence-corrected chi connectivity index (χ3v) is 3.68. The first kappa shape index (κ1) is 14.9.